The number of carbonyl (C=O) groups is 1. The highest BCUT2D eigenvalue weighted by molar-refractivity contribution is 5.79. The van der Waals surface area contributed by atoms with Crippen LogP contribution in [-0.2, 0) is 0 Å². The van der Waals surface area contributed by atoms with Crippen LogP contribution in [-0.4, -0.2) is 61.3 Å². The largest absolute Gasteiger partial charge is 0.351 e. The van der Waals surface area contributed by atoms with E-state index >= 15 is 0 Å². The van der Waals surface area contributed by atoms with Crippen molar-refractivity contribution in [2.24, 2.45) is 10.7 Å². The number of aliphatic imine (C=N–C) groups is 1. The van der Waals surface area contributed by atoms with Gasteiger partial charge in [0.25, 0.3) is 0 Å². The van der Waals surface area contributed by atoms with Gasteiger partial charge in [-0.25, -0.2) is 4.79 Å². The molecule has 0 aliphatic carbocycles. The van der Waals surface area contributed by atoms with Crippen molar-refractivity contribution in [2.75, 3.05) is 39.3 Å². The molecule has 0 radical (unpaired) electrons. The molecule has 19 heavy (non-hydrogen) atoms. The van der Waals surface area contributed by atoms with E-state index in [2.05, 4.69) is 9.89 Å². The van der Waals surface area contributed by atoms with Crippen LogP contribution in [0.3, 0.4) is 0 Å². The van der Waals surface area contributed by atoms with E-state index in [1.54, 1.807) is 4.90 Å². The minimum atomic E-state index is -0.318. The van der Waals surface area contributed by atoms with Crippen molar-refractivity contribution in [3.63, 3.8) is 0 Å². The Morgan fingerprint density at radius 3 is 2.53 bits per heavy atom. The lowest BCUT2D eigenvalue weighted by Gasteiger charge is -2.33. The number of urea groups is 1. The number of primary amides is 1. The molecule has 0 atom stereocenters. The predicted octanol–water partition coefficient (Wildman–Crippen LogP) is 0.802. The third kappa shape index (κ3) is 4.37. The highest BCUT2D eigenvalue weighted by Gasteiger charge is 2.18. The van der Waals surface area contributed by atoms with Gasteiger partial charge in [-0.1, -0.05) is 30.3 Å². The molecule has 1 aromatic rings. The van der Waals surface area contributed by atoms with Crippen LogP contribution < -0.4 is 5.73 Å². The van der Waals surface area contributed by atoms with Crippen molar-refractivity contribution < 1.29 is 4.79 Å². The van der Waals surface area contributed by atoms with Gasteiger partial charge >= 0.3 is 6.03 Å². The molecule has 2 N–H and O–H groups in total. The summed E-state index contributed by atoms with van der Waals surface area (Å²) in [4.78, 5) is 19.4. The normalized spacial score (nSPS) is 16.9. The summed E-state index contributed by atoms with van der Waals surface area (Å²) in [5, 5.41) is 0. The average Bonchev–Trinajstić information content (AvgIpc) is 2.45. The van der Waals surface area contributed by atoms with Gasteiger partial charge in [0.05, 0.1) is 6.54 Å². The molecule has 0 saturated carbocycles. The molecular weight excluding hydrogens is 240 g/mol. The predicted molar refractivity (Wildman–Crippen MR) is 76.5 cm³/mol. The number of rotatable bonds is 4. The van der Waals surface area contributed by atoms with E-state index in [9.17, 15) is 4.79 Å². The Balaban J connectivity index is 1.67. The lowest BCUT2D eigenvalue weighted by molar-refractivity contribution is 0.147. The van der Waals surface area contributed by atoms with Gasteiger partial charge in [-0.15, -0.1) is 0 Å². The first-order valence-corrected chi connectivity index (χ1v) is 6.57. The second-order valence-electron chi connectivity index (χ2n) is 4.61. The fraction of sp³-hybridized carbons (Fsp3) is 0.429. The fourth-order valence-corrected chi connectivity index (χ4v) is 2.10. The Bertz CT molecular complexity index is 424. The first-order chi connectivity index (χ1) is 9.25. The smallest absolute Gasteiger partial charge is 0.314 e. The van der Waals surface area contributed by atoms with E-state index in [1.165, 1.54) is 0 Å². The number of nitrogens with two attached hydrogens (primary N) is 1. The zero-order valence-electron chi connectivity index (χ0n) is 11.0. The van der Waals surface area contributed by atoms with Crippen LogP contribution in [0.2, 0.25) is 0 Å². The summed E-state index contributed by atoms with van der Waals surface area (Å²) in [7, 11) is 0. The topological polar surface area (TPSA) is 61.9 Å². The Hall–Kier alpha value is -1.88. The third-order valence-corrected chi connectivity index (χ3v) is 3.27. The van der Waals surface area contributed by atoms with Crippen LogP contribution in [0.25, 0.3) is 0 Å². The van der Waals surface area contributed by atoms with Crippen molar-refractivity contribution in [2.45, 2.75) is 0 Å². The zero-order chi connectivity index (χ0) is 13.5. The van der Waals surface area contributed by atoms with Gasteiger partial charge in [-0.2, -0.15) is 0 Å². The van der Waals surface area contributed by atoms with Crippen LogP contribution in [0.1, 0.15) is 5.56 Å². The van der Waals surface area contributed by atoms with Crippen molar-refractivity contribution >= 4 is 12.2 Å². The van der Waals surface area contributed by atoms with Crippen LogP contribution in [0, 0.1) is 0 Å². The molecule has 1 fully saturated rings. The molecule has 5 nitrogen and oxygen atoms in total. The molecule has 102 valence electrons. The second-order valence-corrected chi connectivity index (χ2v) is 4.61. The Kier molecular flexibility index (Phi) is 4.92. The zero-order valence-corrected chi connectivity index (χ0v) is 11.0. The summed E-state index contributed by atoms with van der Waals surface area (Å²) < 4.78 is 0. The van der Waals surface area contributed by atoms with Crippen molar-refractivity contribution in [1.29, 1.82) is 0 Å². The summed E-state index contributed by atoms with van der Waals surface area (Å²) >= 11 is 0. The molecule has 0 aromatic heterocycles. The van der Waals surface area contributed by atoms with Crippen LogP contribution in [0.5, 0.6) is 0 Å². The molecule has 1 saturated heterocycles. The van der Waals surface area contributed by atoms with Crippen molar-refractivity contribution in [1.82, 2.24) is 9.80 Å². The summed E-state index contributed by atoms with van der Waals surface area (Å²) in [5.74, 6) is 0. The number of amides is 2. The number of piperazine rings is 1. The van der Waals surface area contributed by atoms with E-state index in [1.807, 2.05) is 36.5 Å². The highest BCUT2D eigenvalue weighted by Crippen LogP contribution is 2.01. The summed E-state index contributed by atoms with van der Waals surface area (Å²) in [6.07, 6.45) is 1.90. The Morgan fingerprint density at radius 1 is 1.21 bits per heavy atom. The van der Waals surface area contributed by atoms with Gasteiger partial charge in [0, 0.05) is 38.9 Å². The molecule has 1 aliphatic heterocycles. The molecule has 1 aromatic carbocycles. The third-order valence-electron chi connectivity index (χ3n) is 3.27. The highest BCUT2D eigenvalue weighted by atomic mass is 16.2. The quantitative estimate of drug-likeness (QED) is 0.814. The van der Waals surface area contributed by atoms with Crippen molar-refractivity contribution in [3.05, 3.63) is 35.9 Å². The number of carbonyl (C=O) groups excluding carboxylic acids is 1. The van der Waals surface area contributed by atoms with Gasteiger partial charge in [-0.05, 0) is 5.56 Å². The number of hydrogen-bond acceptors (Lipinski definition) is 3. The maximum atomic E-state index is 11.0. The molecule has 1 aliphatic rings. The number of hydrogen-bond donors (Lipinski definition) is 1. The van der Waals surface area contributed by atoms with Gasteiger partial charge in [0.15, 0.2) is 0 Å². The van der Waals surface area contributed by atoms with Gasteiger partial charge < -0.3 is 10.6 Å². The van der Waals surface area contributed by atoms with Crippen molar-refractivity contribution in [3.8, 4) is 0 Å². The fourth-order valence-electron chi connectivity index (χ4n) is 2.10. The van der Waals surface area contributed by atoms with E-state index < -0.39 is 0 Å². The minimum Gasteiger partial charge on any atom is -0.351 e. The Labute approximate surface area is 113 Å². The average molecular weight is 260 g/mol. The van der Waals surface area contributed by atoms with Gasteiger partial charge in [-0.3, -0.25) is 9.89 Å². The molecule has 0 bridgehead atoms. The molecule has 1 heterocycles. The number of nitrogens with zero attached hydrogens (tertiary/aromatic N) is 3. The lowest BCUT2D eigenvalue weighted by atomic mass is 10.2. The minimum absolute atomic E-state index is 0.318. The van der Waals surface area contributed by atoms with E-state index in [0.717, 1.165) is 44.8 Å². The molecular formula is C14H20N4O. The lowest BCUT2D eigenvalue weighted by Crippen LogP contribution is -2.50. The molecule has 2 rings (SSSR count). The summed E-state index contributed by atoms with van der Waals surface area (Å²) in [6, 6.07) is 9.76. The SMILES string of the molecule is NC(=O)N1CCN(CCN=Cc2ccccc2)CC1. The Morgan fingerprint density at radius 2 is 1.89 bits per heavy atom. The number of benzene rings is 1. The molecule has 2 amide bonds. The second kappa shape index (κ2) is 6.89. The maximum Gasteiger partial charge on any atom is 0.314 e. The van der Waals surface area contributed by atoms with E-state index in [4.69, 9.17) is 5.73 Å². The molecule has 0 unspecified atom stereocenters. The molecule has 0 spiro atoms. The van der Waals surface area contributed by atoms with Crippen LogP contribution >= 0.6 is 0 Å². The first-order valence-electron chi connectivity index (χ1n) is 6.57. The van der Waals surface area contributed by atoms with Crippen LogP contribution in [0.15, 0.2) is 35.3 Å². The monoisotopic (exact) mass is 260 g/mol. The standard InChI is InChI=1S/C14H20N4O/c15-14(19)18-10-8-17(9-11-18)7-6-16-12-13-4-2-1-3-5-13/h1-5,12H,6-11H2,(H2,15,19). The van der Waals surface area contributed by atoms with Crippen LogP contribution in [0.4, 0.5) is 4.79 Å². The maximum absolute atomic E-state index is 11.0. The van der Waals surface area contributed by atoms with E-state index in [-0.39, 0.29) is 6.03 Å². The summed E-state index contributed by atoms with van der Waals surface area (Å²) in [5.41, 5.74) is 6.37. The first kappa shape index (κ1) is 13.5. The van der Waals surface area contributed by atoms with Gasteiger partial charge in [0.2, 0.25) is 0 Å². The summed E-state index contributed by atoms with van der Waals surface area (Å²) in [6.45, 7) is 4.91. The van der Waals surface area contributed by atoms with E-state index in [0.29, 0.717) is 0 Å². The van der Waals surface area contributed by atoms with Gasteiger partial charge in [0.1, 0.15) is 0 Å². The molecule has 5 heteroatoms.